The number of piperazine rings is 1. The molecule has 0 atom stereocenters. The van der Waals surface area contributed by atoms with Crippen molar-refractivity contribution in [3.8, 4) is 11.5 Å². The molecule has 1 aliphatic heterocycles. The highest BCUT2D eigenvalue weighted by Gasteiger charge is 2.28. The molecular formula is C23H23BrN2O3S. The highest BCUT2D eigenvalue weighted by molar-refractivity contribution is 9.10. The highest BCUT2D eigenvalue weighted by atomic mass is 79.9. The van der Waals surface area contributed by atoms with Crippen LogP contribution in [0.25, 0.3) is 0 Å². The van der Waals surface area contributed by atoms with Gasteiger partial charge in [-0.2, -0.15) is 4.31 Å². The van der Waals surface area contributed by atoms with Crippen LogP contribution in [0.15, 0.2) is 88.2 Å². The van der Waals surface area contributed by atoms with Crippen molar-refractivity contribution in [2.45, 2.75) is 11.4 Å². The fourth-order valence-corrected chi connectivity index (χ4v) is 5.47. The molecule has 156 valence electrons. The zero-order valence-corrected chi connectivity index (χ0v) is 18.8. The highest BCUT2D eigenvalue weighted by Crippen LogP contribution is 2.23. The van der Waals surface area contributed by atoms with Gasteiger partial charge in [-0.15, -0.1) is 0 Å². The normalized spacial score (nSPS) is 15.8. The van der Waals surface area contributed by atoms with Crippen LogP contribution in [0.3, 0.4) is 0 Å². The van der Waals surface area contributed by atoms with E-state index in [1.807, 2.05) is 48.5 Å². The Balaban J connectivity index is 1.32. The summed E-state index contributed by atoms with van der Waals surface area (Å²) < 4.78 is 33.9. The van der Waals surface area contributed by atoms with Crippen molar-refractivity contribution in [1.82, 2.24) is 9.21 Å². The Labute approximate surface area is 186 Å². The summed E-state index contributed by atoms with van der Waals surface area (Å²) in [6.45, 7) is 3.18. The Kier molecular flexibility index (Phi) is 6.53. The number of ether oxygens (including phenoxy) is 1. The quantitative estimate of drug-likeness (QED) is 0.504. The molecule has 3 aromatic rings. The summed E-state index contributed by atoms with van der Waals surface area (Å²) in [5.41, 5.74) is 1.18. The predicted octanol–water partition coefficient (Wildman–Crippen LogP) is 4.75. The monoisotopic (exact) mass is 486 g/mol. The molecule has 1 aliphatic rings. The summed E-state index contributed by atoms with van der Waals surface area (Å²) in [6.07, 6.45) is 0. The molecule has 1 fully saturated rings. The van der Waals surface area contributed by atoms with Gasteiger partial charge in [0.1, 0.15) is 11.5 Å². The van der Waals surface area contributed by atoms with Crippen molar-refractivity contribution < 1.29 is 13.2 Å². The first-order chi connectivity index (χ1) is 14.5. The Hall–Kier alpha value is -2.19. The van der Waals surface area contributed by atoms with Gasteiger partial charge in [-0.25, -0.2) is 8.42 Å². The number of hydrogen-bond acceptors (Lipinski definition) is 4. The molecule has 1 saturated heterocycles. The van der Waals surface area contributed by atoms with Crippen molar-refractivity contribution in [2.24, 2.45) is 0 Å². The molecular weight excluding hydrogens is 464 g/mol. The maximum atomic E-state index is 12.9. The molecule has 0 bridgehead atoms. The topological polar surface area (TPSA) is 49.9 Å². The number of halogens is 1. The fourth-order valence-electron chi connectivity index (χ4n) is 3.45. The van der Waals surface area contributed by atoms with Gasteiger partial charge >= 0.3 is 0 Å². The summed E-state index contributed by atoms with van der Waals surface area (Å²) in [6, 6.07) is 24.6. The van der Waals surface area contributed by atoms with Crippen LogP contribution in [0.5, 0.6) is 11.5 Å². The van der Waals surface area contributed by atoms with Gasteiger partial charge in [-0.05, 0) is 48.0 Å². The summed E-state index contributed by atoms with van der Waals surface area (Å²) in [5, 5.41) is 0. The second-order valence-corrected chi connectivity index (χ2v) is 10.1. The molecule has 4 rings (SSSR count). The molecule has 0 saturated carbocycles. The van der Waals surface area contributed by atoms with Crippen LogP contribution in [0.4, 0.5) is 0 Å². The molecule has 0 unspecified atom stereocenters. The molecule has 0 aliphatic carbocycles. The van der Waals surface area contributed by atoms with Crippen molar-refractivity contribution in [2.75, 3.05) is 26.2 Å². The zero-order chi connectivity index (χ0) is 21.0. The summed E-state index contributed by atoms with van der Waals surface area (Å²) in [5.74, 6) is 1.61. The van der Waals surface area contributed by atoms with Gasteiger partial charge in [0.2, 0.25) is 10.0 Å². The Morgan fingerprint density at radius 2 is 1.47 bits per heavy atom. The number of nitrogens with zero attached hydrogens (tertiary/aromatic N) is 2. The van der Waals surface area contributed by atoms with E-state index in [-0.39, 0.29) is 0 Å². The Morgan fingerprint density at radius 1 is 0.800 bits per heavy atom. The SMILES string of the molecule is O=S(=O)(c1cccc(Br)c1)N1CCN(Cc2ccc(Oc3ccccc3)cc2)CC1. The van der Waals surface area contributed by atoms with E-state index in [0.717, 1.165) is 22.5 Å². The lowest BCUT2D eigenvalue weighted by atomic mass is 10.2. The van der Waals surface area contributed by atoms with Gasteiger partial charge in [0.25, 0.3) is 0 Å². The fraction of sp³-hybridized carbons (Fsp3) is 0.217. The molecule has 30 heavy (non-hydrogen) atoms. The second kappa shape index (κ2) is 9.31. The van der Waals surface area contributed by atoms with E-state index in [9.17, 15) is 8.42 Å². The van der Waals surface area contributed by atoms with E-state index >= 15 is 0 Å². The molecule has 1 heterocycles. The lowest BCUT2D eigenvalue weighted by molar-refractivity contribution is 0.181. The van der Waals surface area contributed by atoms with Gasteiger partial charge < -0.3 is 4.74 Å². The summed E-state index contributed by atoms with van der Waals surface area (Å²) in [4.78, 5) is 2.61. The van der Waals surface area contributed by atoms with Gasteiger partial charge in [-0.1, -0.05) is 52.3 Å². The van der Waals surface area contributed by atoms with Crippen LogP contribution in [0.2, 0.25) is 0 Å². The van der Waals surface area contributed by atoms with Crippen LogP contribution in [-0.2, 0) is 16.6 Å². The molecule has 0 spiro atoms. The molecule has 0 aromatic heterocycles. The van der Waals surface area contributed by atoms with Crippen molar-refractivity contribution in [1.29, 1.82) is 0 Å². The lowest BCUT2D eigenvalue weighted by Crippen LogP contribution is -2.48. The first-order valence-corrected chi connectivity index (χ1v) is 12.0. The van der Waals surface area contributed by atoms with Gasteiger partial charge in [-0.3, -0.25) is 4.90 Å². The van der Waals surface area contributed by atoms with Crippen LogP contribution >= 0.6 is 15.9 Å². The Morgan fingerprint density at radius 3 is 2.13 bits per heavy atom. The van der Waals surface area contributed by atoms with Gasteiger partial charge in [0, 0.05) is 37.2 Å². The average molecular weight is 487 g/mol. The van der Waals surface area contributed by atoms with Crippen LogP contribution < -0.4 is 4.74 Å². The standard InChI is InChI=1S/C23H23BrN2O3S/c24-20-5-4-8-23(17-20)30(27,28)26-15-13-25(14-16-26)18-19-9-11-22(12-10-19)29-21-6-2-1-3-7-21/h1-12,17H,13-16,18H2. The van der Waals surface area contributed by atoms with E-state index in [0.29, 0.717) is 31.1 Å². The third-order valence-electron chi connectivity index (χ3n) is 5.07. The number of benzene rings is 3. The largest absolute Gasteiger partial charge is 0.457 e. The van der Waals surface area contributed by atoms with Crippen molar-refractivity contribution in [3.05, 3.63) is 88.9 Å². The van der Waals surface area contributed by atoms with Crippen LogP contribution in [-0.4, -0.2) is 43.8 Å². The van der Waals surface area contributed by atoms with E-state index < -0.39 is 10.0 Å². The van der Waals surface area contributed by atoms with E-state index in [1.165, 1.54) is 5.56 Å². The molecule has 7 heteroatoms. The maximum absolute atomic E-state index is 12.9. The minimum absolute atomic E-state index is 0.333. The second-order valence-electron chi connectivity index (χ2n) is 7.20. The minimum atomic E-state index is -3.46. The molecule has 0 radical (unpaired) electrons. The summed E-state index contributed by atoms with van der Waals surface area (Å²) in [7, 11) is -3.46. The van der Waals surface area contributed by atoms with Crippen LogP contribution in [0.1, 0.15) is 5.56 Å². The van der Waals surface area contributed by atoms with Crippen molar-refractivity contribution in [3.63, 3.8) is 0 Å². The first-order valence-electron chi connectivity index (χ1n) is 9.81. The number of para-hydroxylation sites is 1. The third-order valence-corrected chi connectivity index (χ3v) is 7.46. The average Bonchev–Trinajstić information content (AvgIpc) is 2.76. The lowest BCUT2D eigenvalue weighted by Gasteiger charge is -2.34. The molecule has 5 nitrogen and oxygen atoms in total. The summed E-state index contributed by atoms with van der Waals surface area (Å²) >= 11 is 3.35. The molecule has 0 amide bonds. The van der Waals surface area contributed by atoms with Crippen molar-refractivity contribution >= 4 is 26.0 Å². The number of rotatable bonds is 6. The smallest absolute Gasteiger partial charge is 0.243 e. The van der Waals surface area contributed by atoms with Gasteiger partial charge in [0.15, 0.2) is 0 Å². The van der Waals surface area contributed by atoms with E-state index in [2.05, 4.69) is 33.0 Å². The minimum Gasteiger partial charge on any atom is -0.457 e. The zero-order valence-electron chi connectivity index (χ0n) is 16.4. The van der Waals surface area contributed by atoms with E-state index in [4.69, 9.17) is 4.74 Å². The van der Waals surface area contributed by atoms with E-state index in [1.54, 1.807) is 22.5 Å². The number of hydrogen-bond donors (Lipinski definition) is 0. The first kappa shape index (κ1) is 21.1. The molecule has 3 aromatic carbocycles. The third kappa shape index (κ3) is 5.10. The maximum Gasteiger partial charge on any atom is 0.243 e. The molecule has 0 N–H and O–H groups in total. The Bertz CT molecular complexity index is 1080. The van der Waals surface area contributed by atoms with Crippen LogP contribution in [0, 0.1) is 0 Å². The van der Waals surface area contributed by atoms with Gasteiger partial charge in [0.05, 0.1) is 4.90 Å². The number of sulfonamides is 1. The predicted molar refractivity (Wildman–Crippen MR) is 121 cm³/mol.